The fraction of sp³-hybridized carbons (Fsp3) is 0. The van der Waals surface area contributed by atoms with Crippen molar-refractivity contribution in [1.29, 1.82) is 0 Å². The second-order valence-electron chi connectivity index (χ2n) is 1.97. The molecule has 0 aliphatic rings. The van der Waals surface area contributed by atoms with Gasteiger partial charge in [-0.3, -0.25) is 14.6 Å². The average Bonchev–Trinajstić information content (AvgIpc) is 2.05. The van der Waals surface area contributed by atoms with Gasteiger partial charge in [-0.05, 0) is 0 Å². The van der Waals surface area contributed by atoms with Crippen molar-refractivity contribution in [2.45, 2.75) is 0 Å². The van der Waals surface area contributed by atoms with Gasteiger partial charge in [0.05, 0.1) is 16.8 Å². The van der Waals surface area contributed by atoms with Gasteiger partial charge >= 0.3 is 0 Å². The summed E-state index contributed by atoms with van der Waals surface area (Å²) in [5.41, 5.74) is 6.08. The van der Waals surface area contributed by atoms with Crippen LogP contribution in [0, 0.1) is 0 Å². The second-order valence-corrected chi connectivity index (χ2v) is 1.97. The van der Waals surface area contributed by atoms with E-state index in [9.17, 15) is 9.59 Å². The minimum Gasteiger partial charge on any atom is -0.397 e. The molecule has 0 spiro atoms. The van der Waals surface area contributed by atoms with E-state index in [0.29, 0.717) is 12.6 Å². The van der Waals surface area contributed by atoms with Gasteiger partial charge in [0, 0.05) is 12.4 Å². The van der Waals surface area contributed by atoms with Crippen molar-refractivity contribution < 1.29 is 9.59 Å². The molecule has 0 saturated carbocycles. The lowest BCUT2D eigenvalue weighted by molar-refractivity contribution is 0.112. The van der Waals surface area contributed by atoms with E-state index >= 15 is 0 Å². The summed E-state index contributed by atoms with van der Waals surface area (Å²) in [4.78, 5) is 24.2. The van der Waals surface area contributed by atoms with E-state index in [4.69, 9.17) is 5.73 Å². The third kappa shape index (κ3) is 1.24. The molecule has 0 aromatic carbocycles. The highest BCUT2D eigenvalue weighted by Gasteiger charge is 2.02. The van der Waals surface area contributed by atoms with E-state index in [-0.39, 0.29) is 16.8 Å². The number of aromatic nitrogens is 1. The number of hydrogen-bond acceptors (Lipinski definition) is 4. The zero-order valence-corrected chi connectivity index (χ0v) is 5.65. The first-order valence-corrected chi connectivity index (χ1v) is 2.93. The molecule has 11 heavy (non-hydrogen) atoms. The molecule has 4 nitrogen and oxygen atoms in total. The lowest BCUT2D eigenvalue weighted by atomic mass is 10.2. The van der Waals surface area contributed by atoms with Crippen molar-refractivity contribution in [3.05, 3.63) is 23.5 Å². The summed E-state index contributed by atoms with van der Waals surface area (Å²) < 4.78 is 0. The Hall–Kier alpha value is -1.71. The maximum atomic E-state index is 10.3. The van der Waals surface area contributed by atoms with Crippen LogP contribution in [0.1, 0.15) is 20.7 Å². The number of carbonyl (C=O) groups excluding carboxylic acids is 2. The quantitative estimate of drug-likeness (QED) is 0.615. The largest absolute Gasteiger partial charge is 0.397 e. The standard InChI is InChI=1S/C7H6N2O2/c8-7-5(3-10)1-9-2-6(7)4-11/h1-4H,(H2,8,9). The SMILES string of the molecule is Nc1c(C=O)cncc1C=O. The summed E-state index contributed by atoms with van der Waals surface area (Å²) in [5.74, 6) is 0. The fourth-order valence-corrected chi connectivity index (χ4v) is 0.691. The molecule has 1 rings (SSSR count). The van der Waals surface area contributed by atoms with Crippen LogP contribution in [-0.4, -0.2) is 17.6 Å². The van der Waals surface area contributed by atoms with E-state index in [1.165, 1.54) is 12.4 Å². The zero-order valence-electron chi connectivity index (χ0n) is 5.65. The molecule has 0 aliphatic carbocycles. The Labute approximate surface area is 63.0 Å². The molecule has 1 aromatic heterocycles. The Morgan fingerprint density at radius 2 is 1.64 bits per heavy atom. The number of aldehydes is 2. The number of anilines is 1. The summed E-state index contributed by atoms with van der Waals surface area (Å²) in [6, 6.07) is 0. The van der Waals surface area contributed by atoms with Crippen LogP contribution in [0.3, 0.4) is 0 Å². The van der Waals surface area contributed by atoms with E-state index < -0.39 is 0 Å². The number of rotatable bonds is 2. The number of nitrogens with zero attached hydrogens (tertiary/aromatic N) is 1. The van der Waals surface area contributed by atoms with Gasteiger partial charge in [-0.2, -0.15) is 0 Å². The molecule has 0 aliphatic heterocycles. The number of carbonyl (C=O) groups is 2. The molecular formula is C7H6N2O2. The number of hydrogen-bond donors (Lipinski definition) is 1. The van der Waals surface area contributed by atoms with Gasteiger partial charge in [-0.25, -0.2) is 0 Å². The Morgan fingerprint density at radius 1 is 1.18 bits per heavy atom. The molecule has 0 bridgehead atoms. The molecule has 0 atom stereocenters. The van der Waals surface area contributed by atoms with E-state index in [1.54, 1.807) is 0 Å². The monoisotopic (exact) mass is 150 g/mol. The van der Waals surface area contributed by atoms with Gasteiger partial charge in [0.2, 0.25) is 0 Å². The summed E-state index contributed by atoms with van der Waals surface area (Å²) in [5, 5.41) is 0. The Morgan fingerprint density at radius 3 is 2.00 bits per heavy atom. The van der Waals surface area contributed by atoms with Crippen molar-refractivity contribution in [2.75, 3.05) is 5.73 Å². The summed E-state index contributed by atoms with van der Waals surface area (Å²) >= 11 is 0. The molecule has 1 heterocycles. The van der Waals surface area contributed by atoms with Gasteiger partial charge in [-0.15, -0.1) is 0 Å². The lowest BCUT2D eigenvalue weighted by Crippen LogP contribution is -1.99. The van der Waals surface area contributed by atoms with Gasteiger partial charge in [0.25, 0.3) is 0 Å². The highest BCUT2D eigenvalue weighted by atomic mass is 16.1. The van der Waals surface area contributed by atoms with Gasteiger partial charge < -0.3 is 5.73 Å². The average molecular weight is 150 g/mol. The Bertz CT molecular complexity index is 270. The van der Waals surface area contributed by atoms with Crippen LogP contribution < -0.4 is 5.73 Å². The number of nitrogen functional groups attached to an aromatic ring is 1. The third-order valence-electron chi connectivity index (χ3n) is 1.30. The topological polar surface area (TPSA) is 73.1 Å². The molecule has 2 N–H and O–H groups in total. The predicted molar refractivity (Wildman–Crippen MR) is 39.4 cm³/mol. The normalized spacial score (nSPS) is 9.09. The zero-order chi connectivity index (χ0) is 8.27. The van der Waals surface area contributed by atoms with Crippen molar-refractivity contribution in [3.63, 3.8) is 0 Å². The minimum absolute atomic E-state index is 0.185. The van der Waals surface area contributed by atoms with Gasteiger partial charge in [0.1, 0.15) is 0 Å². The van der Waals surface area contributed by atoms with E-state index in [2.05, 4.69) is 4.98 Å². The molecule has 1 aromatic rings. The van der Waals surface area contributed by atoms with Crippen LogP contribution >= 0.6 is 0 Å². The molecule has 0 saturated heterocycles. The third-order valence-corrected chi connectivity index (χ3v) is 1.30. The highest BCUT2D eigenvalue weighted by Crippen LogP contribution is 2.10. The second kappa shape index (κ2) is 2.92. The Balaban J connectivity index is 3.30. The van der Waals surface area contributed by atoms with E-state index in [0.717, 1.165) is 0 Å². The number of nitrogens with two attached hydrogens (primary N) is 1. The van der Waals surface area contributed by atoms with E-state index in [1.807, 2.05) is 0 Å². The molecule has 0 radical (unpaired) electrons. The Kier molecular flexibility index (Phi) is 1.96. The van der Waals surface area contributed by atoms with Crippen molar-refractivity contribution in [1.82, 2.24) is 4.98 Å². The first kappa shape index (κ1) is 7.40. The molecule has 4 heteroatoms. The molecule has 0 fully saturated rings. The highest BCUT2D eigenvalue weighted by molar-refractivity contribution is 5.92. The maximum absolute atomic E-state index is 10.3. The smallest absolute Gasteiger partial charge is 0.153 e. The minimum atomic E-state index is 0.185. The molecule has 56 valence electrons. The van der Waals surface area contributed by atoms with Crippen LogP contribution in [0.4, 0.5) is 5.69 Å². The van der Waals surface area contributed by atoms with Crippen LogP contribution in [0.5, 0.6) is 0 Å². The van der Waals surface area contributed by atoms with Crippen molar-refractivity contribution in [3.8, 4) is 0 Å². The first-order valence-electron chi connectivity index (χ1n) is 2.93. The number of pyridine rings is 1. The van der Waals surface area contributed by atoms with Crippen LogP contribution in [0.2, 0.25) is 0 Å². The van der Waals surface area contributed by atoms with Crippen molar-refractivity contribution in [2.24, 2.45) is 0 Å². The van der Waals surface area contributed by atoms with Gasteiger partial charge in [-0.1, -0.05) is 0 Å². The van der Waals surface area contributed by atoms with Gasteiger partial charge in [0.15, 0.2) is 12.6 Å². The summed E-state index contributed by atoms with van der Waals surface area (Å²) in [7, 11) is 0. The molecular weight excluding hydrogens is 144 g/mol. The van der Waals surface area contributed by atoms with Crippen molar-refractivity contribution >= 4 is 18.3 Å². The first-order chi connectivity index (χ1) is 5.29. The maximum Gasteiger partial charge on any atom is 0.153 e. The summed E-state index contributed by atoms with van der Waals surface area (Å²) in [6.45, 7) is 0. The fourth-order valence-electron chi connectivity index (χ4n) is 0.691. The van der Waals surface area contributed by atoms with Crippen LogP contribution in [0.25, 0.3) is 0 Å². The predicted octanol–water partition coefficient (Wildman–Crippen LogP) is 0.289. The lowest BCUT2D eigenvalue weighted by Gasteiger charge is -1.98. The summed E-state index contributed by atoms with van der Waals surface area (Å²) in [6.07, 6.45) is 3.76. The van der Waals surface area contributed by atoms with Crippen LogP contribution in [-0.2, 0) is 0 Å². The molecule has 0 unspecified atom stereocenters. The van der Waals surface area contributed by atoms with Crippen LogP contribution in [0.15, 0.2) is 12.4 Å². The molecule has 0 amide bonds.